The van der Waals surface area contributed by atoms with Crippen LogP contribution in [0.15, 0.2) is 12.3 Å². The number of aromatic nitrogens is 1. The molecule has 0 amide bonds. The van der Waals surface area contributed by atoms with E-state index in [0.717, 1.165) is 23.6 Å². The van der Waals surface area contributed by atoms with Crippen molar-refractivity contribution < 1.29 is 9.53 Å². The average molecular weight is 281 g/mol. The lowest BCUT2D eigenvalue weighted by atomic mass is 10.1. The van der Waals surface area contributed by atoms with E-state index in [-0.39, 0.29) is 5.97 Å². The van der Waals surface area contributed by atoms with Crippen molar-refractivity contribution in [3.05, 3.63) is 17.8 Å². The molecule has 1 fully saturated rings. The number of hydrogen-bond donors (Lipinski definition) is 1. The molecule has 0 bridgehead atoms. The molecule has 1 aromatic rings. The van der Waals surface area contributed by atoms with Crippen LogP contribution >= 0.6 is 11.8 Å². The van der Waals surface area contributed by atoms with E-state index in [9.17, 15) is 4.79 Å². The smallest absolute Gasteiger partial charge is 0.340 e. The van der Waals surface area contributed by atoms with E-state index in [1.54, 1.807) is 19.2 Å². The third-order valence-corrected chi connectivity index (χ3v) is 4.38. The number of nitrogen functional groups attached to an aromatic ring is 1. The number of anilines is 2. The highest BCUT2D eigenvalue weighted by molar-refractivity contribution is 7.99. The molecule has 1 aliphatic heterocycles. The molecule has 1 aliphatic rings. The average Bonchev–Trinajstić information content (AvgIpc) is 2.92. The summed E-state index contributed by atoms with van der Waals surface area (Å²) in [5.41, 5.74) is 6.96. The highest BCUT2D eigenvalue weighted by atomic mass is 32.2. The zero-order chi connectivity index (χ0) is 13.8. The van der Waals surface area contributed by atoms with Crippen LogP contribution in [0.25, 0.3) is 0 Å². The van der Waals surface area contributed by atoms with Gasteiger partial charge >= 0.3 is 5.97 Å². The Hall–Kier alpha value is -1.43. The molecule has 2 N–H and O–H groups in total. The van der Waals surface area contributed by atoms with E-state index < -0.39 is 0 Å². The van der Waals surface area contributed by atoms with Gasteiger partial charge in [-0.25, -0.2) is 9.78 Å². The number of hydrogen-bond acceptors (Lipinski definition) is 6. The number of nitrogens with zero attached hydrogens (tertiary/aromatic N) is 2. The maximum absolute atomic E-state index is 12.0. The second kappa shape index (κ2) is 6.14. The molecular weight excluding hydrogens is 262 g/mol. The molecule has 0 spiro atoms. The van der Waals surface area contributed by atoms with Gasteiger partial charge in [-0.1, -0.05) is 0 Å². The Labute approximate surface area is 117 Å². The number of esters is 1. The zero-order valence-electron chi connectivity index (χ0n) is 11.3. The van der Waals surface area contributed by atoms with Gasteiger partial charge in [0.05, 0.1) is 24.1 Å². The lowest BCUT2D eigenvalue weighted by molar-refractivity contribution is 0.0527. The van der Waals surface area contributed by atoms with Gasteiger partial charge < -0.3 is 15.4 Å². The first-order valence-corrected chi connectivity index (χ1v) is 7.52. The summed E-state index contributed by atoms with van der Waals surface area (Å²) in [7, 11) is 1.99. The standard InChI is InChI=1S/C13H19N3O2S/c1-3-18-13(17)10-6-12(14)15-7-11(10)16(2)9-4-5-19-8-9/h6-7,9H,3-5,8H2,1-2H3,(H2,14,15). The molecule has 1 atom stereocenters. The summed E-state index contributed by atoms with van der Waals surface area (Å²) in [6, 6.07) is 2.02. The van der Waals surface area contributed by atoms with Crippen molar-refractivity contribution in [2.45, 2.75) is 19.4 Å². The Balaban J connectivity index is 2.30. The minimum absolute atomic E-state index is 0.334. The van der Waals surface area contributed by atoms with Gasteiger partial charge in [0.2, 0.25) is 0 Å². The van der Waals surface area contributed by atoms with E-state index in [4.69, 9.17) is 10.5 Å². The Kier molecular flexibility index (Phi) is 4.52. The molecule has 1 aromatic heterocycles. The highest BCUT2D eigenvalue weighted by Gasteiger charge is 2.24. The first-order chi connectivity index (χ1) is 9.13. The number of pyridine rings is 1. The van der Waals surface area contributed by atoms with Gasteiger partial charge in [-0.05, 0) is 25.2 Å². The van der Waals surface area contributed by atoms with Gasteiger partial charge in [-0.3, -0.25) is 0 Å². The van der Waals surface area contributed by atoms with Crippen LogP contribution in [0.1, 0.15) is 23.7 Å². The SMILES string of the molecule is CCOC(=O)c1cc(N)ncc1N(C)C1CCSC1. The molecule has 2 heterocycles. The summed E-state index contributed by atoms with van der Waals surface area (Å²) in [6.07, 6.45) is 2.78. The van der Waals surface area contributed by atoms with E-state index in [1.165, 1.54) is 0 Å². The minimum Gasteiger partial charge on any atom is -0.462 e. The van der Waals surface area contributed by atoms with Crippen LogP contribution in [0.2, 0.25) is 0 Å². The lowest BCUT2D eigenvalue weighted by Crippen LogP contribution is -2.32. The topological polar surface area (TPSA) is 68.5 Å². The second-order valence-corrected chi connectivity index (χ2v) is 5.62. The number of carbonyl (C=O) groups is 1. The molecular formula is C13H19N3O2S. The number of nitrogens with two attached hydrogens (primary N) is 1. The predicted octanol–water partition coefficient (Wildman–Crippen LogP) is 1.78. The number of ether oxygens (including phenoxy) is 1. The van der Waals surface area contributed by atoms with Crippen molar-refractivity contribution in [2.75, 3.05) is 35.8 Å². The van der Waals surface area contributed by atoms with Crippen molar-refractivity contribution >= 4 is 29.2 Å². The monoisotopic (exact) mass is 281 g/mol. The van der Waals surface area contributed by atoms with Gasteiger partial charge in [-0.15, -0.1) is 0 Å². The first kappa shape index (κ1) is 14.0. The van der Waals surface area contributed by atoms with Gasteiger partial charge in [0.25, 0.3) is 0 Å². The first-order valence-electron chi connectivity index (χ1n) is 6.36. The summed E-state index contributed by atoms with van der Waals surface area (Å²) in [5, 5.41) is 0. The van der Waals surface area contributed by atoms with E-state index in [2.05, 4.69) is 9.88 Å². The van der Waals surface area contributed by atoms with Crippen LogP contribution in [-0.2, 0) is 4.74 Å². The van der Waals surface area contributed by atoms with Gasteiger partial charge in [0.1, 0.15) is 5.82 Å². The zero-order valence-corrected chi connectivity index (χ0v) is 12.1. The van der Waals surface area contributed by atoms with Crippen LogP contribution in [0.5, 0.6) is 0 Å². The van der Waals surface area contributed by atoms with Crippen molar-refractivity contribution in [3.63, 3.8) is 0 Å². The summed E-state index contributed by atoms with van der Waals surface area (Å²) in [5.74, 6) is 2.22. The number of rotatable bonds is 4. The Morgan fingerprint density at radius 2 is 2.47 bits per heavy atom. The van der Waals surface area contributed by atoms with Crippen molar-refractivity contribution in [1.29, 1.82) is 0 Å². The highest BCUT2D eigenvalue weighted by Crippen LogP contribution is 2.28. The van der Waals surface area contributed by atoms with Crippen LogP contribution < -0.4 is 10.6 Å². The Bertz CT molecular complexity index is 461. The maximum atomic E-state index is 12.0. The van der Waals surface area contributed by atoms with Crippen molar-refractivity contribution in [2.24, 2.45) is 0 Å². The largest absolute Gasteiger partial charge is 0.462 e. The summed E-state index contributed by atoms with van der Waals surface area (Å²) in [6.45, 7) is 2.14. The quantitative estimate of drug-likeness (QED) is 0.849. The van der Waals surface area contributed by atoms with Gasteiger partial charge in [0.15, 0.2) is 0 Å². The van der Waals surface area contributed by atoms with E-state index >= 15 is 0 Å². The summed E-state index contributed by atoms with van der Waals surface area (Å²) >= 11 is 1.93. The fraction of sp³-hybridized carbons (Fsp3) is 0.538. The Morgan fingerprint density at radius 1 is 1.68 bits per heavy atom. The van der Waals surface area contributed by atoms with Crippen molar-refractivity contribution in [1.82, 2.24) is 4.98 Å². The molecule has 19 heavy (non-hydrogen) atoms. The molecule has 5 nitrogen and oxygen atoms in total. The van der Waals surface area contributed by atoms with Crippen LogP contribution in [-0.4, -0.2) is 42.2 Å². The molecule has 6 heteroatoms. The van der Waals surface area contributed by atoms with Crippen LogP contribution in [0.3, 0.4) is 0 Å². The van der Waals surface area contributed by atoms with Crippen LogP contribution in [0, 0.1) is 0 Å². The molecule has 104 valence electrons. The summed E-state index contributed by atoms with van der Waals surface area (Å²) < 4.78 is 5.08. The molecule has 0 saturated carbocycles. The normalized spacial score (nSPS) is 18.3. The maximum Gasteiger partial charge on any atom is 0.340 e. The molecule has 2 rings (SSSR count). The van der Waals surface area contributed by atoms with Gasteiger partial charge in [-0.2, -0.15) is 11.8 Å². The van der Waals surface area contributed by atoms with Gasteiger partial charge in [0, 0.05) is 18.8 Å². The van der Waals surface area contributed by atoms with E-state index in [1.807, 2.05) is 18.8 Å². The lowest BCUT2D eigenvalue weighted by Gasteiger charge is -2.27. The predicted molar refractivity (Wildman–Crippen MR) is 78.7 cm³/mol. The molecule has 0 radical (unpaired) electrons. The molecule has 0 aromatic carbocycles. The number of thioether (sulfide) groups is 1. The number of carbonyl (C=O) groups excluding carboxylic acids is 1. The fourth-order valence-electron chi connectivity index (χ4n) is 2.14. The fourth-order valence-corrected chi connectivity index (χ4v) is 3.41. The molecule has 1 unspecified atom stereocenters. The van der Waals surface area contributed by atoms with E-state index in [0.29, 0.717) is 24.0 Å². The second-order valence-electron chi connectivity index (χ2n) is 4.48. The Morgan fingerprint density at radius 3 is 3.11 bits per heavy atom. The van der Waals surface area contributed by atoms with Crippen molar-refractivity contribution in [3.8, 4) is 0 Å². The molecule has 1 saturated heterocycles. The minimum atomic E-state index is -0.343. The van der Waals surface area contributed by atoms with Crippen LogP contribution in [0.4, 0.5) is 11.5 Å². The summed E-state index contributed by atoms with van der Waals surface area (Å²) in [4.78, 5) is 18.2. The third kappa shape index (κ3) is 3.12. The molecule has 0 aliphatic carbocycles. The third-order valence-electron chi connectivity index (χ3n) is 3.23.